The van der Waals surface area contributed by atoms with Gasteiger partial charge in [-0.1, -0.05) is 23.9 Å². The molecule has 0 aliphatic rings. The Labute approximate surface area is 113 Å². The third kappa shape index (κ3) is 4.45. The second kappa shape index (κ2) is 6.83. The zero-order valence-corrected chi connectivity index (χ0v) is 11.1. The molecule has 4 nitrogen and oxygen atoms in total. The van der Waals surface area contributed by atoms with Gasteiger partial charge in [0.15, 0.2) is 0 Å². The number of aliphatic hydroxyl groups is 2. The van der Waals surface area contributed by atoms with Crippen molar-refractivity contribution < 1.29 is 23.8 Å². The Kier molecular flexibility index (Phi) is 5.71. The molecule has 106 valence electrons. The summed E-state index contributed by atoms with van der Waals surface area (Å²) in [6, 6.07) is 5.94. The Morgan fingerprint density at radius 1 is 1.37 bits per heavy atom. The predicted molar refractivity (Wildman–Crippen MR) is 68.3 cm³/mol. The van der Waals surface area contributed by atoms with Crippen LogP contribution >= 0.6 is 11.8 Å². The van der Waals surface area contributed by atoms with Crippen molar-refractivity contribution in [1.29, 1.82) is 0 Å². The van der Waals surface area contributed by atoms with Gasteiger partial charge in [0, 0.05) is 4.90 Å². The third-order valence-corrected chi connectivity index (χ3v) is 3.25. The first-order valence-corrected chi connectivity index (χ1v) is 6.38. The molecule has 7 heteroatoms. The minimum absolute atomic E-state index is 0.0842. The molecule has 0 aromatic heterocycles. The van der Waals surface area contributed by atoms with Gasteiger partial charge in [-0.2, -0.15) is 8.78 Å². The molecule has 0 fully saturated rings. The molecule has 0 radical (unpaired) electrons. The van der Waals surface area contributed by atoms with Crippen molar-refractivity contribution in [2.45, 2.75) is 23.1 Å². The number of hydrogen-bond donors (Lipinski definition) is 3. The Balaban J connectivity index is 2.93. The molecule has 0 aliphatic heterocycles. The molecule has 0 aliphatic carbocycles. The van der Waals surface area contributed by atoms with Gasteiger partial charge in [-0.25, -0.2) is 0 Å². The Hall–Kier alpha value is -1.18. The monoisotopic (exact) mass is 291 g/mol. The van der Waals surface area contributed by atoms with Crippen molar-refractivity contribution in [3.8, 4) is 0 Å². The highest BCUT2D eigenvalue weighted by molar-refractivity contribution is 7.99. The number of amides is 1. The zero-order valence-electron chi connectivity index (χ0n) is 10.3. The smallest absolute Gasteiger partial charge is 0.288 e. The third-order valence-electron chi connectivity index (χ3n) is 2.46. The average molecular weight is 291 g/mol. The van der Waals surface area contributed by atoms with Crippen LogP contribution in [0.1, 0.15) is 17.3 Å². The molecule has 1 amide bonds. The van der Waals surface area contributed by atoms with Gasteiger partial charge >= 0.3 is 0 Å². The van der Waals surface area contributed by atoms with E-state index in [1.807, 2.05) is 0 Å². The number of halogens is 2. The molecule has 1 aromatic rings. The lowest BCUT2D eigenvalue weighted by atomic mass is 10.0. The number of hydrogen-bond acceptors (Lipinski definition) is 4. The Bertz CT molecular complexity index is 439. The Morgan fingerprint density at radius 3 is 2.47 bits per heavy atom. The SMILES string of the molecule is CC(CO)(CO)NC(=O)c1ccccc1SC(F)F. The lowest BCUT2D eigenvalue weighted by Crippen LogP contribution is -2.51. The highest BCUT2D eigenvalue weighted by Gasteiger charge is 2.26. The maximum Gasteiger partial charge on any atom is 0.288 e. The van der Waals surface area contributed by atoms with E-state index in [9.17, 15) is 13.6 Å². The van der Waals surface area contributed by atoms with E-state index in [2.05, 4.69) is 5.32 Å². The summed E-state index contributed by atoms with van der Waals surface area (Å²) in [6.45, 7) is 0.534. The van der Waals surface area contributed by atoms with E-state index >= 15 is 0 Å². The molecule has 1 aromatic carbocycles. The number of alkyl halides is 2. The van der Waals surface area contributed by atoms with Crippen LogP contribution < -0.4 is 5.32 Å². The van der Waals surface area contributed by atoms with E-state index in [1.54, 1.807) is 12.1 Å². The Morgan fingerprint density at radius 2 is 1.95 bits per heavy atom. The molecule has 0 saturated heterocycles. The molecule has 0 atom stereocenters. The number of aliphatic hydroxyl groups excluding tert-OH is 2. The fraction of sp³-hybridized carbons (Fsp3) is 0.417. The number of carbonyl (C=O) groups is 1. The van der Waals surface area contributed by atoms with Gasteiger partial charge in [-0.15, -0.1) is 0 Å². The summed E-state index contributed by atoms with van der Waals surface area (Å²) in [5, 5.41) is 20.6. The maximum absolute atomic E-state index is 12.4. The van der Waals surface area contributed by atoms with Crippen molar-refractivity contribution in [1.82, 2.24) is 5.32 Å². The molecular weight excluding hydrogens is 276 g/mol. The van der Waals surface area contributed by atoms with Crippen molar-refractivity contribution in [3.05, 3.63) is 29.8 Å². The second-order valence-electron chi connectivity index (χ2n) is 4.21. The molecule has 1 rings (SSSR count). The highest BCUT2D eigenvalue weighted by atomic mass is 32.2. The molecule has 0 unspecified atom stereocenters. The van der Waals surface area contributed by atoms with Crippen molar-refractivity contribution in [2.75, 3.05) is 13.2 Å². The second-order valence-corrected chi connectivity index (χ2v) is 5.24. The lowest BCUT2D eigenvalue weighted by molar-refractivity contribution is 0.0721. The van der Waals surface area contributed by atoms with Gasteiger partial charge in [0.2, 0.25) is 0 Å². The minimum atomic E-state index is -2.63. The summed E-state index contributed by atoms with van der Waals surface area (Å²) in [5.74, 6) is -3.25. The van der Waals surface area contributed by atoms with E-state index in [0.717, 1.165) is 0 Å². The van der Waals surface area contributed by atoms with Crippen molar-refractivity contribution in [3.63, 3.8) is 0 Å². The number of carbonyl (C=O) groups excluding carboxylic acids is 1. The van der Waals surface area contributed by atoms with E-state index in [1.165, 1.54) is 19.1 Å². The maximum atomic E-state index is 12.4. The summed E-state index contributed by atoms with van der Waals surface area (Å²) >= 11 is 0.275. The standard InChI is InChI=1S/C12H15F2NO3S/c1-12(6-16,7-17)15-10(18)8-4-2-3-5-9(8)19-11(13)14/h2-5,11,16-17H,6-7H2,1H3,(H,15,18). The van der Waals surface area contributed by atoms with Gasteiger partial charge in [-0.05, 0) is 19.1 Å². The van der Waals surface area contributed by atoms with Crippen LogP contribution in [0, 0.1) is 0 Å². The first kappa shape index (κ1) is 15.9. The van der Waals surface area contributed by atoms with Crippen LogP contribution in [0.15, 0.2) is 29.2 Å². The van der Waals surface area contributed by atoms with Crippen LogP contribution in [0.2, 0.25) is 0 Å². The number of nitrogens with one attached hydrogen (secondary N) is 1. The fourth-order valence-electron chi connectivity index (χ4n) is 1.32. The molecule has 0 saturated carbocycles. The first-order chi connectivity index (χ1) is 8.91. The summed E-state index contributed by atoms with van der Waals surface area (Å²) in [4.78, 5) is 12.1. The first-order valence-electron chi connectivity index (χ1n) is 5.50. The number of rotatable bonds is 6. The van der Waals surface area contributed by atoms with Gasteiger partial charge in [-0.3, -0.25) is 4.79 Å². The predicted octanol–water partition coefficient (Wildman–Crippen LogP) is 1.47. The van der Waals surface area contributed by atoms with Crippen LogP contribution in [0.25, 0.3) is 0 Å². The van der Waals surface area contributed by atoms with Crippen LogP contribution in [0.4, 0.5) is 8.78 Å². The molecule has 3 N–H and O–H groups in total. The summed E-state index contributed by atoms with van der Waals surface area (Å²) in [6.07, 6.45) is 0. The van der Waals surface area contributed by atoms with Gasteiger partial charge in [0.25, 0.3) is 11.7 Å². The van der Waals surface area contributed by atoms with Crippen LogP contribution in [0.3, 0.4) is 0 Å². The lowest BCUT2D eigenvalue weighted by Gasteiger charge is -2.26. The number of thioether (sulfide) groups is 1. The minimum Gasteiger partial charge on any atom is -0.394 e. The van der Waals surface area contributed by atoms with E-state index < -0.39 is 30.4 Å². The molecule has 0 heterocycles. The molecule has 0 spiro atoms. The largest absolute Gasteiger partial charge is 0.394 e. The van der Waals surface area contributed by atoms with Crippen molar-refractivity contribution in [2.24, 2.45) is 0 Å². The van der Waals surface area contributed by atoms with E-state index in [0.29, 0.717) is 0 Å². The van der Waals surface area contributed by atoms with Crippen LogP contribution in [-0.2, 0) is 0 Å². The summed E-state index contributed by atoms with van der Waals surface area (Å²) in [7, 11) is 0. The van der Waals surface area contributed by atoms with Crippen LogP contribution in [-0.4, -0.2) is 40.6 Å². The molecule has 19 heavy (non-hydrogen) atoms. The van der Waals surface area contributed by atoms with Gasteiger partial charge < -0.3 is 15.5 Å². The van der Waals surface area contributed by atoms with E-state index in [-0.39, 0.29) is 22.2 Å². The van der Waals surface area contributed by atoms with Crippen LogP contribution in [0.5, 0.6) is 0 Å². The number of benzene rings is 1. The highest BCUT2D eigenvalue weighted by Crippen LogP contribution is 2.28. The van der Waals surface area contributed by atoms with Crippen molar-refractivity contribution >= 4 is 17.7 Å². The van der Waals surface area contributed by atoms with E-state index in [4.69, 9.17) is 10.2 Å². The average Bonchev–Trinajstić information content (AvgIpc) is 2.38. The summed E-state index contributed by atoms with van der Waals surface area (Å²) < 4.78 is 24.8. The zero-order chi connectivity index (χ0) is 14.5. The summed E-state index contributed by atoms with van der Waals surface area (Å²) in [5.41, 5.74) is -1.11. The quantitative estimate of drug-likeness (QED) is 0.694. The molecule has 0 bridgehead atoms. The molecular formula is C12H15F2NO3S. The van der Waals surface area contributed by atoms with Gasteiger partial charge in [0.1, 0.15) is 0 Å². The topological polar surface area (TPSA) is 69.6 Å². The normalized spacial score (nSPS) is 11.7. The van der Waals surface area contributed by atoms with Gasteiger partial charge in [0.05, 0.1) is 24.3 Å². The fourth-order valence-corrected chi connectivity index (χ4v) is 1.96.